The van der Waals surface area contributed by atoms with Gasteiger partial charge in [0.25, 0.3) is 0 Å². The second-order valence-corrected chi connectivity index (χ2v) is 8.22. The molecule has 0 aliphatic carbocycles. The van der Waals surface area contributed by atoms with Crippen LogP contribution in [0.15, 0.2) is 53.4 Å². The molecule has 1 atom stereocenters. The van der Waals surface area contributed by atoms with Gasteiger partial charge in [-0.15, -0.1) is 23.5 Å². The van der Waals surface area contributed by atoms with Gasteiger partial charge in [-0.25, -0.2) is 9.07 Å². The number of hydrogen-bond donors (Lipinski definition) is 1. The molecule has 4 nitrogen and oxygen atoms in total. The third-order valence-corrected chi connectivity index (χ3v) is 6.51. The lowest BCUT2D eigenvalue weighted by atomic mass is 10.0. The number of benzene rings is 2. The molecule has 1 aliphatic heterocycles. The molecule has 1 amide bonds. The van der Waals surface area contributed by atoms with E-state index in [4.69, 9.17) is 0 Å². The molecule has 2 aromatic carbocycles. The lowest BCUT2D eigenvalue weighted by Crippen LogP contribution is -2.15. The number of fused-ring (bicyclic) bond motifs is 1. The molecule has 0 spiro atoms. The van der Waals surface area contributed by atoms with Crippen molar-refractivity contribution in [2.24, 2.45) is 0 Å². The highest BCUT2D eigenvalue weighted by Crippen LogP contribution is 2.44. The third-order valence-electron chi connectivity index (χ3n) is 4.50. The number of rotatable bonds is 3. The van der Waals surface area contributed by atoms with Crippen molar-refractivity contribution in [1.29, 1.82) is 0 Å². The van der Waals surface area contributed by atoms with Crippen molar-refractivity contribution in [3.63, 3.8) is 0 Å². The van der Waals surface area contributed by atoms with Crippen molar-refractivity contribution < 1.29 is 9.18 Å². The van der Waals surface area contributed by atoms with Gasteiger partial charge < -0.3 is 5.32 Å². The first-order valence-corrected chi connectivity index (χ1v) is 10.7. The van der Waals surface area contributed by atoms with Gasteiger partial charge in [-0.1, -0.05) is 12.1 Å². The molecule has 1 aliphatic rings. The molecule has 3 aromatic rings. The first kappa shape index (κ1) is 18.1. The molecule has 1 aromatic heterocycles. The van der Waals surface area contributed by atoms with Gasteiger partial charge in [0.05, 0.1) is 22.4 Å². The molecule has 0 saturated carbocycles. The zero-order valence-corrected chi connectivity index (χ0v) is 16.5. The number of halogens is 1. The molecular weight excluding hydrogens is 381 g/mol. The summed E-state index contributed by atoms with van der Waals surface area (Å²) in [5.74, 6) is 0.660. The smallest absolute Gasteiger partial charge is 0.235 e. The number of carbonyl (C=O) groups excluding carboxylic acids is 1. The van der Waals surface area contributed by atoms with Gasteiger partial charge in [0, 0.05) is 10.5 Å². The van der Waals surface area contributed by atoms with Crippen LogP contribution in [0.25, 0.3) is 5.69 Å². The number of hydrogen-bond acceptors (Lipinski definition) is 4. The van der Waals surface area contributed by atoms with E-state index in [0.717, 1.165) is 16.8 Å². The first-order valence-electron chi connectivity index (χ1n) is 8.47. The molecule has 0 bridgehead atoms. The van der Waals surface area contributed by atoms with Crippen LogP contribution in [-0.2, 0) is 4.79 Å². The maximum absolute atomic E-state index is 13.3. The Kier molecular flexibility index (Phi) is 4.97. The van der Waals surface area contributed by atoms with Crippen molar-refractivity contribution in [3.05, 3.63) is 71.2 Å². The quantitative estimate of drug-likeness (QED) is 0.642. The zero-order valence-electron chi connectivity index (χ0n) is 14.9. The summed E-state index contributed by atoms with van der Waals surface area (Å²) in [5, 5.41) is 7.63. The van der Waals surface area contributed by atoms with Gasteiger partial charge in [-0.05, 0) is 55.1 Å². The second-order valence-electron chi connectivity index (χ2n) is 6.25. The fraction of sp³-hybridized carbons (Fsp3) is 0.200. The zero-order chi connectivity index (χ0) is 19.0. The van der Waals surface area contributed by atoms with Crippen LogP contribution in [0.4, 0.5) is 10.2 Å². The van der Waals surface area contributed by atoms with E-state index >= 15 is 0 Å². The van der Waals surface area contributed by atoms with E-state index in [9.17, 15) is 9.18 Å². The number of nitrogens with zero attached hydrogens (tertiary/aromatic N) is 2. The number of anilines is 1. The number of aromatic nitrogens is 2. The second kappa shape index (κ2) is 7.40. The molecule has 2 heterocycles. The Hall–Kier alpha value is -2.25. The fourth-order valence-corrected chi connectivity index (χ4v) is 4.79. The number of thioether (sulfide) groups is 2. The van der Waals surface area contributed by atoms with Crippen molar-refractivity contribution in [1.82, 2.24) is 9.78 Å². The highest BCUT2D eigenvalue weighted by atomic mass is 32.2. The van der Waals surface area contributed by atoms with Gasteiger partial charge in [-0.3, -0.25) is 4.79 Å². The van der Waals surface area contributed by atoms with Crippen LogP contribution in [0.5, 0.6) is 0 Å². The summed E-state index contributed by atoms with van der Waals surface area (Å²) >= 11 is 3.29. The van der Waals surface area contributed by atoms with Crippen LogP contribution in [0.3, 0.4) is 0 Å². The standard InChI is InChI=1S/C20H18FN3OS2/c1-12-18-19(13-3-9-16(26-2)10-4-13)27-11-17(25)22-20(18)24(23-12)15-7-5-14(21)6-8-15/h3-10,19H,11H2,1-2H3,(H,22,25). The summed E-state index contributed by atoms with van der Waals surface area (Å²) in [6.45, 7) is 1.94. The van der Waals surface area contributed by atoms with Crippen LogP contribution in [0.1, 0.15) is 22.1 Å². The minimum absolute atomic E-state index is 0.00375. The van der Waals surface area contributed by atoms with E-state index in [0.29, 0.717) is 17.3 Å². The highest BCUT2D eigenvalue weighted by molar-refractivity contribution is 8.00. The third kappa shape index (κ3) is 3.49. The molecule has 0 saturated heterocycles. The van der Waals surface area contributed by atoms with E-state index < -0.39 is 0 Å². The predicted octanol–water partition coefficient (Wildman–Crippen LogP) is 4.82. The fourth-order valence-electron chi connectivity index (χ4n) is 3.19. The number of carbonyl (C=O) groups is 1. The Morgan fingerprint density at radius 3 is 2.56 bits per heavy atom. The van der Waals surface area contributed by atoms with Gasteiger partial charge in [0.15, 0.2) is 0 Å². The van der Waals surface area contributed by atoms with E-state index in [1.165, 1.54) is 17.0 Å². The SMILES string of the molecule is CSc1ccc(C2SCC(=O)Nc3c2c(C)nn3-c2ccc(F)cc2)cc1. The molecule has 27 heavy (non-hydrogen) atoms. The van der Waals surface area contributed by atoms with E-state index in [1.54, 1.807) is 40.3 Å². The van der Waals surface area contributed by atoms with Crippen molar-refractivity contribution >= 4 is 35.2 Å². The summed E-state index contributed by atoms with van der Waals surface area (Å²) in [6.07, 6.45) is 2.05. The summed E-state index contributed by atoms with van der Waals surface area (Å²) in [4.78, 5) is 13.5. The van der Waals surface area contributed by atoms with Crippen LogP contribution in [0.2, 0.25) is 0 Å². The van der Waals surface area contributed by atoms with Crippen molar-refractivity contribution in [2.45, 2.75) is 17.1 Å². The highest BCUT2D eigenvalue weighted by Gasteiger charge is 2.30. The molecule has 0 radical (unpaired) electrons. The number of nitrogens with one attached hydrogen (secondary N) is 1. The predicted molar refractivity (Wildman–Crippen MR) is 109 cm³/mol. The Labute approximate surface area is 165 Å². The monoisotopic (exact) mass is 399 g/mol. The molecule has 1 N–H and O–H groups in total. The minimum atomic E-state index is -0.305. The average Bonchev–Trinajstić information content (AvgIpc) is 2.88. The molecule has 7 heteroatoms. The lowest BCUT2D eigenvalue weighted by Gasteiger charge is -2.15. The van der Waals surface area contributed by atoms with Crippen LogP contribution in [-0.4, -0.2) is 27.7 Å². The molecule has 138 valence electrons. The van der Waals surface area contributed by atoms with Crippen molar-refractivity contribution in [2.75, 3.05) is 17.3 Å². The first-order chi connectivity index (χ1) is 13.1. The Bertz CT molecular complexity index is 984. The average molecular weight is 400 g/mol. The Morgan fingerprint density at radius 2 is 1.89 bits per heavy atom. The van der Waals surface area contributed by atoms with Crippen LogP contribution >= 0.6 is 23.5 Å². The van der Waals surface area contributed by atoms with Gasteiger partial charge >= 0.3 is 0 Å². The summed E-state index contributed by atoms with van der Waals surface area (Å²) in [6, 6.07) is 14.5. The largest absolute Gasteiger partial charge is 0.310 e. The van der Waals surface area contributed by atoms with Crippen LogP contribution in [0, 0.1) is 12.7 Å². The number of aryl methyl sites for hydroxylation is 1. The molecule has 1 unspecified atom stereocenters. The minimum Gasteiger partial charge on any atom is -0.310 e. The molecule has 4 rings (SSSR count). The molecular formula is C20H18FN3OS2. The van der Waals surface area contributed by atoms with E-state index in [1.807, 2.05) is 13.2 Å². The summed E-state index contributed by atoms with van der Waals surface area (Å²) in [5.41, 5.74) is 3.69. The Balaban J connectivity index is 1.84. The van der Waals surface area contributed by atoms with Gasteiger partial charge in [0.2, 0.25) is 5.91 Å². The van der Waals surface area contributed by atoms with Gasteiger partial charge in [-0.2, -0.15) is 5.10 Å². The lowest BCUT2D eigenvalue weighted by molar-refractivity contribution is -0.113. The Morgan fingerprint density at radius 1 is 1.19 bits per heavy atom. The maximum atomic E-state index is 13.3. The van der Waals surface area contributed by atoms with Crippen molar-refractivity contribution in [3.8, 4) is 5.69 Å². The normalized spacial score (nSPS) is 16.6. The summed E-state index contributed by atoms with van der Waals surface area (Å²) < 4.78 is 15.0. The number of amides is 1. The van der Waals surface area contributed by atoms with Crippen LogP contribution < -0.4 is 5.32 Å². The van der Waals surface area contributed by atoms with Gasteiger partial charge in [0.1, 0.15) is 11.6 Å². The molecule has 0 fully saturated rings. The topological polar surface area (TPSA) is 46.9 Å². The maximum Gasteiger partial charge on any atom is 0.235 e. The van der Waals surface area contributed by atoms with E-state index in [-0.39, 0.29) is 17.0 Å². The van der Waals surface area contributed by atoms with E-state index in [2.05, 4.69) is 34.7 Å². The summed E-state index contributed by atoms with van der Waals surface area (Å²) in [7, 11) is 0.